The minimum atomic E-state index is -3.10. The monoisotopic (exact) mass is 341 g/mol. The molecular weight excluding hydrogens is 314 g/mol. The molecule has 2 unspecified atom stereocenters. The summed E-state index contributed by atoms with van der Waals surface area (Å²) in [5, 5.41) is 0. The number of rotatable bonds is 5. The smallest absolute Gasteiger partial charge is 0.237 e. The summed E-state index contributed by atoms with van der Waals surface area (Å²) >= 11 is 0. The molecule has 0 aromatic carbocycles. The molecule has 130 valence electrons. The van der Waals surface area contributed by atoms with Gasteiger partial charge in [-0.05, 0) is 37.5 Å². The molecule has 2 aliphatic heterocycles. The number of piperazine rings is 1. The Balaban J connectivity index is 1.29. The first-order chi connectivity index (χ1) is 10.9. The Kier molecular flexibility index (Phi) is 3.93. The molecule has 2 atom stereocenters. The van der Waals surface area contributed by atoms with Crippen molar-refractivity contribution in [1.29, 1.82) is 0 Å². The van der Waals surface area contributed by atoms with Crippen molar-refractivity contribution in [2.24, 2.45) is 17.8 Å². The van der Waals surface area contributed by atoms with Crippen LogP contribution >= 0.6 is 0 Å². The zero-order valence-corrected chi connectivity index (χ0v) is 14.7. The lowest BCUT2D eigenvalue weighted by Crippen LogP contribution is -2.62. The SMILES string of the molecule is CS(=O)(=O)N1CCN(CC(=O)N2CC(C3CC3)C2C2CC2)CC1. The van der Waals surface area contributed by atoms with Gasteiger partial charge in [-0.25, -0.2) is 8.42 Å². The average molecular weight is 341 g/mol. The van der Waals surface area contributed by atoms with Crippen molar-refractivity contribution in [2.75, 3.05) is 45.5 Å². The summed E-state index contributed by atoms with van der Waals surface area (Å²) < 4.78 is 24.6. The number of nitrogens with zero attached hydrogens (tertiary/aromatic N) is 3. The highest BCUT2D eigenvalue weighted by molar-refractivity contribution is 7.88. The van der Waals surface area contributed by atoms with Crippen molar-refractivity contribution < 1.29 is 13.2 Å². The molecule has 0 bridgehead atoms. The summed E-state index contributed by atoms with van der Waals surface area (Å²) in [6, 6.07) is 0.521. The summed E-state index contributed by atoms with van der Waals surface area (Å²) in [5.41, 5.74) is 0. The first-order valence-corrected chi connectivity index (χ1v) is 10.8. The third-order valence-corrected chi connectivity index (χ3v) is 7.32. The van der Waals surface area contributed by atoms with Gasteiger partial charge in [0.15, 0.2) is 0 Å². The molecule has 6 nitrogen and oxygen atoms in total. The summed E-state index contributed by atoms with van der Waals surface area (Å²) in [6.45, 7) is 3.75. The van der Waals surface area contributed by atoms with Gasteiger partial charge in [-0.3, -0.25) is 9.69 Å². The maximum Gasteiger partial charge on any atom is 0.237 e. The van der Waals surface area contributed by atoms with Crippen molar-refractivity contribution in [3.8, 4) is 0 Å². The van der Waals surface area contributed by atoms with Crippen LogP contribution in [-0.2, 0) is 14.8 Å². The zero-order valence-electron chi connectivity index (χ0n) is 13.9. The Labute approximate surface area is 138 Å². The molecule has 0 aromatic heterocycles. The van der Waals surface area contributed by atoms with Gasteiger partial charge in [0, 0.05) is 44.7 Å². The molecular formula is C16H27N3O3S. The highest BCUT2D eigenvalue weighted by Crippen LogP contribution is 2.52. The molecule has 7 heteroatoms. The fourth-order valence-electron chi connectivity index (χ4n) is 4.31. The molecule has 4 rings (SSSR count). The molecule has 2 saturated carbocycles. The second kappa shape index (κ2) is 5.70. The normalized spacial score (nSPS) is 33.5. The quantitative estimate of drug-likeness (QED) is 0.717. The van der Waals surface area contributed by atoms with E-state index in [9.17, 15) is 13.2 Å². The van der Waals surface area contributed by atoms with Crippen molar-refractivity contribution in [2.45, 2.75) is 31.7 Å². The average Bonchev–Trinajstić information content (AvgIpc) is 3.31. The standard InChI is InChI=1S/C16H27N3O3S/c1-23(21,22)18-8-6-17(7-9-18)11-15(20)19-10-14(12-2-3-12)16(19)13-4-5-13/h12-14,16H,2-11H2,1H3. The van der Waals surface area contributed by atoms with Gasteiger partial charge in [0.1, 0.15) is 0 Å². The van der Waals surface area contributed by atoms with Gasteiger partial charge in [-0.2, -0.15) is 4.31 Å². The topological polar surface area (TPSA) is 60.9 Å². The van der Waals surface area contributed by atoms with E-state index in [1.807, 2.05) is 0 Å². The van der Waals surface area contributed by atoms with Gasteiger partial charge in [0.25, 0.3) is 0 Å². The van der Waals surface area contributed by atoms with Gasteiger partial charge >= 0.3 is 0 Å². The van der Waals surface area contributed by atoms with E-state index in [2.05, 4.69) is 9.80 Å². The van der Waals surface area contributed by atoms with Gasteiger partial charge in [-0.1, -0.05) is 0 Å². The Hall–Kier alpha value is -0.660. The number of likely N-dealkylation sites (tertiary alicyclic amines) is 1. The highest BCUT2D eigenvalue weighted by Gasteiger charge is 2.54. The molecule has 0 spiro atoms. The first-order valence-electron chi connectivity index (χ1n) is 8.90. The summed E-state index contributed by atoms with van der Waals surface area (Å²) in [4.78, 5) is 16.9. The lowest BCUT2D eigenvalue weighted by Gasteiger charge is -2.50. The van der Waals surface area contributed by atoms with E-state index in [1.165, 1.54) is 36.2 Å². The highest BCUT2D eigenvalue weighted by atomic mass is 32.2. The molecule has 23 heavy (non-hydrogen) atoms. The van der Waals surface area contributed by atoms with Crippen molar-refractivity contribution >= 4 is 15.9 Å². The Morgan fingerprint density at radius 1 is 1.00 bits per heavy atom. The number of carbonyl (C=O) groups excluding carboxylic acids is 1. The Bertz CT molecular complexity index is 577. The minimum Gasteiger partial charge on any atom is -0.338 e. The van der Waals surface area contributed by atoms with E-state index in [1.54, 1.807) is 0 Å². The van der Waals surface area contributed by atoms with E-state index in [-0.39, 0.29) is 5.91 Å². The maximum absolute atomic E-state index is 12.7. The number of carbonyl (C=O) groups is 1. The molecule has 2 aliphatic carbocycles. The van der Waals surface area contributed by atoms with Crippen LogP contribution < -0.4 is 0 Å². The third kappa shape index (κ3) is 3.28. The molecule has 2 heterocycles. The van der Waals surface area contributed by atoms with Gasteiger partial charge < -0.3 is 4.90 Å². The van der Waals surface area contributed by atoms with E-state index in [0.717, 1.165) is 24.3 Å². The Morgan fingerprint density at radius 3 is 2.13 bits per heavy atom. The fourth-order valence-corrected chi connectivity index (χ4v) is 5.14. The van der Waals surface area contributed by atoms with Crippen LogP contribution in [0.3, 0.4) is 0 Å². The summed E-state index contributed by atoms with van der Waals surface area (Å²) in [5.74, 6) is 2.68. The summed E-state index contributed by atoms with van der Waals surface area (Å²) in [6.07, 6.45) is 6.58. The van der Waals surface area contributed by atoms with Gasteiger partial charge in [-0.15, -0.1) is 0 Å². The maximum atomic E-state index is 12.7. The van der Waals surface area contributed by atoms with E-state index >= 15 is 0 Å². The predicted molar refractivity (Wildman–Crippen MR) is 87.3 cm³/mol. The van der Waals surface area contributed by atoms with Crippen LogP contribution in [0, 0.1) is 17.8 Å². The van der Waals surface area contributed by atoms with E-state index < -0.39 is 10.0 Å². The number of amides is 1. The van der Waals surface area contributed by atoms with Crippen LogP contribution in [-0.4, -0.2) is 80.0 Å². The molecule has 4 fully saturated rings. The van der Waals surface area contributed by atoms with E-state index in [0.29, 0.717) is 38.8 Å². The van der Waals surface area contributed by atoms with Crippen LogP contribution in [0.2, 0.25) is 0 Å². The van der Waals surface area contributed by atoms with Crippen LogP contribution in [0.4, 0.5) is 0 Å². The number of hydrogen-bond acceptors (Lipinski definition) is 4. The lowest BCUT2D eigenvalue weighted by molar-refractivity contribution is -0.147. The number of hydrogen-bond donors (Lipinski definition) is 0. The molecule has 0 N–H and O–H groups in total. The van der Waals surface area contributed by atoms with E-state index in [4.69, 9.17) is 0 Å². The largest absolute Gasteiger partial charge is 0.338 e. The Morgan fingerprint density at radius 2 is 1.61 bits per heavy atom. The van der Waals surface area contributed by atoms with Crippen LogP contribution in [0.5, 0.6) is 0 Å². The van der Waals surface area contributed by atoms with Crippen molar-refractivity contribution in [1.82, 2.24) is 14.1 Å². The lowest BCUT2D eigenvalue weighted by atomic mass is 9.81. The third-order valence-electron chi connectivity index (χ3n) is 6.02. The summed E-state index contributed by atoms with van der Waals surface area (Å²) in [7, 11) is -3.10. The molecule has 4 aliphatic rings. The molecule has 0 radical (unpaired) electrons. The van der Waals surface area contributed by atoms with Gasteiger partial charge in [0.05, 0.1) is 12.8 Å². The van der Waals surface area contributed by atoms with Crippen LogP contribution in [0.25, 0.3) is 0 Å². The fraction of sp³-hybridized carbons (Fsp3) is 0.938. The minimum absolute atomic E-state index is 0.256. The predicted octanol–water partition coefficient (Wildman–Crippen LogP) is 0.211. The van der Waals surface area contributed by atoms with Crippen LogP contribution in [0.15, 0.2) is 0 Å². The second-order valence-electron chi connectivity index (χ2n) is 7.81. The zero-order chi connectivity index (χ0) is 16.2. The van der Waals surface area contributed by atoms with Crippen molar-refractivity contribution in [3.63, 3.8) is 0 Å². The van der Waals surface area contributed by atoms with Crippen LogP contribution in [0.1, 0.15) is 25.7 Å². The van der Waals surface area contributed by atoms with Crippen molar-refractivity contribution in [3.05, 3.63) is 0 Å². The number of sulfonamides is 1. The molecule has 2 saturated heterocycles. The first kappa shape index (κ1) is 15.8. The molecule has 1 amide bonds. The molecule has 0 aromatic rings. The second-order valence-corrected chi connectivity index (χ2v) is 9.80. The van der Waals surface area contributed by atoms with Gasteiger partial charge in [0.2, 0.25) is 15.9 Å².